The van der Waals surface area contributed by atoms with Gasteiger partial charge in [0.2, 0.25) is 0 Å². The predicted octanol–water partition coefficient (Wildman–Crippen LogP) is 4.86. The fraction of sp³-hybridized carbons (Fsp3) is 0.231. The van der Waals surface area contributed by atoms with Crippen LogP contribution in [0.25, 0.3) is 0 Å². The van der Waals surface area contributed by atoms with Gasteiger partial charge in [-0.2, -0.15) is 0 Å². The van der Waals surface area contributed by atoms with Crippen molar-refractivity contribution in [1.82, 2.24) is 0 Å². The van der Waals surface area contributed by atoms with Gasteiger partial charge in [0, 0.05) is 4.47 Å². The van der Waals surface area contributed by atoms with Gasteiger partial charge in [-0.25, -0.2) is 0 Å². The standard InChI is InChI=1S/C13H12BrClO2S/c1-16-8-3-4-9(10(14)7-8)12(15)13-11(17-2)5-6-18-13/h3-7,12H,1-2H3. The SMILES string of the molecule is COc1ccc(C(Cl)c2sccc2OC)c(Br)c1. The van der Waals surface area contributed by atoms with Gasteiger partial charge in [0.15, 0.2) is 0 Å². The van der Waals surface area contributed by atoms with E-state index >= 15 is 0 Å². The van der Waals surface area contributed by atoms with Crippen LogP contribution in [0, 0.1) is 0 Å². The van der Waals surface area contributed by atoms with Gasteiger partial charge >= 0.3 is 0 Å². The maximum atomic E-state index is 6.52. The molecular weight excluding hydrogens is 336 g/mol. The van der Waals surface area contributed by atoms with Crippen LogP contribution < -0.4 is 9.47 Å². The van der Waals surface area contributed by atoms with E-state index in [2.05, 4.69) is 15.9 Å². The van der Waals surface area contributed by atoms with E-state index in [1.54, 1.807) is 25.6 Å². The Morgan fingerprint density at radius 2 is 2.00 bits per heavy atom. The van der Waals surface area contributed by atoms with Gasteiger partial charge in [0.25, 0.3) is 0 Å². The second-order valence-electron chi connectivity index (χ2n) is 3.60. The number of thiophene rings is 1. The lowest BCUT2D eigenvalue weighted by Crippen LogP contribution is -1.95. The summed E-state index contributed by atoms with van der Waals surface area (Å²) in [7, 11) is 3.29. The zero-order valence-electron chi connectivity index (χ0n) is 9.94. The number of hydrogen-bond donors (Lipinski definition) is 0. The molecule has 2 rings (SSSR count). The zero-order chi connectivity index (χ0) is 13.1. The number of benzene rings is 1. The summed E-state index contributed by atoms with van der Waals surface area (Å²) >= 11 is 11.6. The highest BCUT2D eigenvalue weighted by Gasteiger charge is 2.19. The summed E-state index contributed by atoms with van der Waals surface area (Å²) < 4.78 is 11.4. The molecule has 0 N–H and O–H groups in total. The van der Waals surface area contributed by atoms with Crippen LogP contribution in [0.1, 0.15) is 15.8 Å². The Bertz CT molecular complexity index is 542. The predicted molar refractivity (Wildman–Crippen MR) is 79.3 cm³/mol. The van der Waals surface area contributed by atoms with Gasteiger partial charge < -0.3 is 9.47 Å². The Hall–Kier alpha value is -0.710. The van der Waals surface area contributed by atoms with E-state index in [0.29, 0.717) is 0 Å². The molecule has 0 aliphatic rings. The molecule has 0 radical (unpaired) electrons. The highest BCUT2D eigenvalue weighted by molar-refractivity contribution is 9.10. The molecule has 0 aliphatic carbocycles. The lowest BCUT2D eigenvalue weighted by Gasteiger charge is -2.13. The first kappa shape index (κ1) is 13.7. The van der Waals surface area contributed by atoms with E-state index in [1.807, 2.05) is 29.6 Å². The normalized spacial score (nSPS) is 12.2. The van der Waals surface area contributed by atoms with Gasteiger partial charge in [0.05, 0.1) is 24.5 Å². The zero-order valence-corrected chi connectivity index (χ0v) is 13.1. The minimum Gasteiger partial charge on any atom is -0.497 e. The van der Waals surface area contributed by atoms with Crippen LogP contribution in [0.3, 0.4) is 0 Å². The molecule has 0 saturated carbocycles. The number of hydrogen-bond acceptors (Lipinski definition) is 3. The Morgan fingerprint density at radius 1 is 1.22 bits per heavy atom. The molecule has 5 heteroatoms. The molecular formula is C13H12BrClO2S. The van der Waals surface area contributed by atoms with E-state index < -0.39 is 0 Å². The van der Waals surface area contributed by atoms with Crippen molar-refractivity contribution in [2.45, 2.75) is 5.38 Å². The summed E-state index contributed by atoms with van der Waals surface area (Å²) in [5.74, 6) is 1.62. The minimum absolute atomic E-state index is 0.236. The van der Waals surface area contributed by atoms with Crippen LogP contribution in [0.4, 0.5) is 0 Å². The highest BCUT2D eigenvalue weighted by Crippen LogP contribution is 2.42. The maximum absolute atomic E-state index is 6.52. The third-order valence-electron chi connectivity index (χ3n) is 2.59. The lowest BCUT2D eigenvalue weighted by atomic mass is 10.1. The van der Waals surface area contributed by atoms with E-state index in [-0.39, 0.29) is 5.38 Å². The molecule has 0 fully saturated rings. The van der Waals surface area contributed by atoms with Crippen LogP contribution >= 0.6 is 38.9 Å². The summed E-state index contributed by atoms with van der Waals surface area (Å²) in [6.45, 7) is 0. The van der Waals surface area contributed by atoms with Gasteiger partial charge in [-0.15, -0.1) is 22.9 Å². The van der Waals surface area contributed by atoms with Crippen molar-refractivity contribution in [3.05, 3.63) is 44.6 Å². The first-order valence-corrected chi connectivity index (χ1v) is 7.37. The van der Waals surface area contributed by atoms with E-state index in [0.717, 1.165) is 26.4 Å². The van der Waals surface area contributed by atoms with Crippen LogP contribution in [0.2, 0.25) is 0 Å². The number of alkyl halides is 1. The van der Waals surface area contributed by atoms with Gasteiger partial charge in [-0.1, -0.05) is 22.0 Å². The van der Waals surface area contributed by atoms with Crippen LogP contribution in [0.15, 0.2) is 34.1 Å². The van der Waals surface area contributed by atoms with Gasteiger partial charge in [0.1, 0.15) is 11.5 Å². The first-order valence-electron chi connectivity index (χ1n) is 5.26. The molecule has 18 heavy (non-hydrogen) atoms. The molecule has 1 aromatic carbocycles. The molecule has 2 nitrogen and oxygen atoms in total. The van der Waals surface area contributed by atoms with Gasteiger partial charge in [-0.3, -0.25) is 0 Å². The van der Waals surface area contributed by atoms with Crippen molar-refractivity contribution >= 4 is 38.9 Å². The first-order chi connectivity index (χ1) is 8.67. The van der Waals surface area contributed by atoms with Crippen LogP contribution in [-0.4, -0.2) is 14.2 Å². The van der Waals surface area contributed by atoms with Crippen LogP contribution in [0.5, 0.6) is 11.5 Å². The summed E-state index contributed by atoms with van der Waals surface area (Å²) in [5.41, 5.74) is 0.998. The van der Waals surface area contributed by atoms with E-state index in [4.69, 9.17) is 21.1 Å². The largest absolute Gasteiger partial charge is 0.497 e. The summed E-state index contributed by atoms with van der Waals surface area (Å²) in [4.78, 5) is 1.00. The van der Waals surface area contributed by atoms with Crippen molar-refractivity contribution in [1.29, 1.82) is 0 Å². The average Bonchev–Trinajstić information content (AvgIpc) is 2.86. The minimum atomic E-state index is -0.236. The molecule has 0 saturated heterocycles. The molecule has 96 valence electrons. The fourth-order valence-corrected chi connectivity index (χ4v) is 3.67. The van der Waals surface area contributed by atoms with Crippen molar-refractivity contribution < 1.29 is 9.47 Å². The second kappa shape index (κ2) is 5.95. The lowest BCUT2D eigenvalue weighted by molar-refractivity contribution is 0.412. The third kappa shape index (κ3) is 2.66. The van der Waals surface area contributed by atoms with Crippen molar-refractivity contribution in [2.24, 2.45) is 0 Å². The average molecular weight is 348 g/mol. The van der Waals surface area contributed by atoms with E-state index in [1.165, 1.54) is 0 Å². The summed E-state index contributed by atoms with van der Waals surface area (Å²) in [6.07, 6.45) is 0. The highest BCUT2D eigenvalue weighted by atomic mass is 79.9. The van der Waals surface area contributed by atoms with Crippen molar-refractivity contribution in [2.75, 3.05) is 14.2 Å². The quantitative estimate of drug-likeness (QED) is 0.736. The molecule has 1 aromatic heterocycles. The molecule has 0 spiro atoms. The number of halogens is 2. The second-order valence-corrected chi connectivity index (χ2v) is 5.84. The Labute approximate surface area is 124 Å². The molecule has 0 bridgehead atoms. The monoisotopic (exact) mass is 346 g/mol. The number of ether oxygens (including phenoxy) is 2. The Morgan fingerprint density at radius 3 is 2.61 bits per heavy atom. The molecule has 1 heterocycles. The molecule has 0 aliphatic heterocycles. The van der Waals surface area contributed by atoms with Crippen molar-refractivity contribution in [3.8, 4) is 11.5 Å². The maximum Gasteiger partial charge on any atom is 0.134 e. The summed E-state index contributed by atoms with van der Waals surface area (Å²) in [6, 6.07) is 7.69. The van der Waals surface area contributed by atoms with Gasteiger partial charge in [-0.05, 0) is 29.1 Å². The van der Waals surface area contributed by atoms with Crippen LogP contribution in [-0.2, 0) is 0 Å². The molecule has 1 atom stereocenters. The number of rotatable bonds is 4. The molecule has 1 unspecified atom stereocenters. The smallest absolute Gasteiger partial charge is 0.134 e. The number of methoxy groups -OCH3 is 2. The third-order valence-corrected chi connectivity index (χ3v) is 4.82. The van der Waals surface area contributed by atoms with E-state index in [9.17, 15) is 0 Å². The van der Waals surface area contributed by atoms with Crippen molar-refractivity contribution in [3.63, 3.8) is 0 Å². The Kier molecular flexibility index (Phi) is 4.54. The molecule has 0 amide bonds. The fourth-order valence-electron chi connectivity index (χ4n) is 1.64. The molecule has 2 aromatic rings. The summed E-state index contributed by atoms with van der Waals surface area (Å²) in [5, 5.41) is 1.74. The Balaban J connectivity index is 2.37. The topological polar surface area (TPSA) is 18.5 Å².